The highest BCUT2D eigenvalue weighted by Crippen LogP contribution is 2.33. The minimum absolute atomic E-state index is 0.0161. The summed E-state index contributed by atoms with van der Waals surface area (Å²) in [4.78, 5) is 30.5. The average Bonchev–Trinajstić information content (AvgIpc) is 2.85. The summed E-state index contributed by atoms with van der Waals surface area (Å²) in [6.07, 6.45) is 6.15. The van der Waals surface area contributed by atoms with E-state index in [1.807, 2.05) is 0 Å². The number of nitrogens with zero attached hydrogens (tertiary/aromatic N) is 2. The van der Waals surface area contributed by atoms with E-state index < -0.39 is 17.0 Å². The van der Waals surface area contributed by atoms with Crippen molar-refractivity contribution >= 4 is 23.1 Å². The van der Waals surface area contributed by atoms with E-state index in [2.05, 4.69) is 11.6 Å². The lowest BCUT2D eigenvalue weighted by Crippen LogP contribution is -2.21. The van der Waals surface area contributed by atoms with Gasteiger partial charge in [0.1, 0.15) is 22.3 Å². The molecule has 6 nitrogen and oxygen atoms in total. The van der Waals surface area contributed by atoms with Gasteiger partial charge >= 0.3 is 0 Å². The molecule has 0 aliphatic carbocycles. The largest absolute Gasteiger partial charge is 0.454 e. The van der Waals surface area contributed by atoms with Gasteiger partial charge < -0.3 is 15.0 Å². The standard InChI is InChI=1S/C27H21ClFN3O3/c1-2-12-32-15-21(17-6-8-18(29)9-7-17)27(34)22(16-32)24(33)13-19-10-11-20(14-31-19)35-25-5-3-4-23(30)26(25)28/h2-11,14-16H,1,12-13,30H2. The molecule has 2 N–H and O–H groups in total. The topological polar surface area (TPSA) is 87.2 Å². The molecule has 4 aromatic rings. The Bertz CT molecular complexity index is 1450. The zero-order valence-electron chi connectivity index (χ0n) is 18.6. The van der Waals surface area contributed by atoms with Crippen LogP contribution in [0.5, 0.6) is 11.5 Å². The summed E-state index contributed by atoms with van der Waals surface area (Å²) in [5, 5.41) is 0.295. The molecule has 0 fully saturated rings. The Hall–Kier alpha value is -4.23. The number of ether oxygens (including phenoxy) is 1. The van der Waals surface area contributed by atoms with Crippen molar-refractivity contribution in [1.29, 1.82) is 0 Å². The number of nitrogens with two attached hydrogens (primary N) is 1. The van der Waals surface area contributed by atoms with E-state index >= 15 is 0 Å². The van der Waals surface area contributed by atoms with Crippen LogP contribution in [-0.2, 0) is 13.0 Å². The van der Waals surface area contributed by atoms with Crippen LogP contribution in [0.1, 0.15) is 16.1 Å². The summed E-state index contributed by atoms with van der Waals surface area (Å²) < 4.78 is 20.8. The van der Waals surface area contributed by atoms with Crippen LogP contribution in [0.25, 0.3) is 11.1 Å². The summed E-state index contributed by atoms with van der Waals surface area (Å²) >= 11 is 6.15. The van der Waals surface area contributed by atoms with E-state index in [1.54, 1.807) is 47.2 Å². The molecule has 176 valence electrons. The van der Waals surface area contributed by atoms with E-state index in [9.17, 15) is 14.0 Å². The van der Waals surface area contributed by atoms with Gasteiger partial charge in [-0.3, -0.25) is 14.6 Å². The molecule has 0 saturated carbocycles. The summed E-state index contributed by atoms with van der Waals surface area (Å²) in [7, 11) is 0. The zero-order valence-corrected chi connectivity index (χ0v) is 19.3. The van der Waals surface area contributed by atoms with E-state index in [0.29, 0.717) is 45.6 Å². The Morgan fingerprint density at radius 2 is 1.91 bits per heavy atom. The molecule has 0 unspecified atom stereocenters. The van der Waals surface area contributed by atoms with Gasteiger partial charge in [-0.05, 0) is 42.0 Å². The lowest BCUT2D eigenvalue weighted by molar-refractivity contribution is 0.0990. The van der Waals surface area contributed by atoms with Crippen molar-refractivity contribution in [3.63, 3.8) is 0 Å². The first kappa shape index (κ1) is 23.9. The van der Waals surface area contributed by atoms with Crippen molar-refractivity contribution in [2.75, 3.05) is 5.73 Å². The first-order chi connectivity index (χ1) is 16.9. The van der Waals surface area contributed by atoms with Crippen LogP contribution in [0.15, 0.2) is 90.6 Å². The summed E-state index contributed by atoms with van der Waals surface area (Å²) in [6, 6.07) is 13.9. The third-order valence-corrected chi connectivity index (χ3v) is 5.64. The van der Waals surface area contributed by atoms with Crippen molar-refractivity contribution in [1.82, 2.24) is 9.55 Å². The molecular weight excluding hydrogens is 469 g/mol. The number of hydrogen-bond acceptors (Lipinski definition) is 5. The number of halogens is 2. The number of carbonyl (C=O) groups excluding carboxylic acids is 1. The molecule has 0 radical (unpaired) electrons. The molecule has 2 aromatic heterocycles. The minimum Gasteiger partial charge on any atom is -0.454 e. The highest BCUT2D eigenvalue weighted by atomic mass is 35.5. The smallest absolute Gasteiger partial charge is 0.200 e. The molecule has 4 rings (SSSR count). The molecule has 0 spiro atoms. The number of rotatable bonds is 8. The molecule has 2 heterocycles. The van der Waals surface area contributed by atoms with Crippen LogP contribution in [0.3, 0.4) is 0 Å². The summed E-state index contributed by atoms with van der Waals surface area (Å²) in [5.74, 6) is -0.00117. The van der Waals surface area contributed by atoms with Crippen LogP contribution < -0.4 is 15.9 Å². The van der Waals surface area contributed by atoms with E-state index in [1.165, 1.54) is 36.7 Å². The van der Waals surface area contributed by atoms with Crippen molar-refractivity contribution in [2.24, 2.45) is 0 Å². The van der Waals surface area contributed by atoms with Gasteiger partial charge in [-0.25, -0.2) is 4.39 Å². The first-order valence-electron chi connectivity index (χ1n) is 10.7. The second kappa shape index (κ2) is 10.4. The van der Waals surface area contributed by atoms with Gasteiger partial charge in [0.15, 0.2) is 11.2 Å². The first-order valence-corrected chi connectivity index (χ1v) is 11.0. The molecule has 2 aromatic carbocycles. The Labute approximate surface area is 206 Å². The maximum Gasteiger partial charge on any atom is 0.200 e. The summed E-state index contributed by atoms with van der Waals surface area (Å²) in [5.41, 5.74) is 7.04. The molecule has 35 heavy (non-hydrogen) atoms. The van der Waals surface area contributed by atoms with Gasteiger partial charge in [0, 0.05) is 30.2 Å². The van der Waals surface area contributed by atoms with Gasteiger partial charge in [0.2, 0.25) is 0 Å². The summed E-state index contributed by atoms with van der Waals surface area (Å²) in [6.45, 7) is 4.11. The molecule has 0 saturated heterocycles. The van der Waals surface area contributed by atoms with E-state index in [-0.39, 0.29) is 12.0 Å². The molecule has 0 aliphatic rings. The molecule has 0 atom stereocenters. The zero-order chi connectivity index (χ0) is 24.9. The number of aromatic nitrogens is 2. The number of anilines is 1. The maximum absolute atomic E-state index is 13.4. The molecule has 8 heteroatoms. The van der Waals surface area contributed by atoms with Crippen molar-refractivity contribution in [3.8, 4) is 22.6 Å². The number of Topliss-reactive ketones (excluding diaryl/α,β-unsaturated/α-hetero) is 1. The van der Waals surface area contributed by atoms with Crippen LogP contribution in [0.2, 0.25) is 5.02 Å². The van der Waals surface area contributed by atoms with Crippen LogP contribution in [0.4, 0.5) is 10.1 Å². The highest BCUT2D eigenvalue weighted by molar-refractivity contribution is 6.34. The third kappa shape index (κ3) is 5.47. The van der Waals surface area contributed by atoms with Crippen LogP contribution in [-0.4, -0.2) is 15.3 Å². The van der Waals surface area contributed by atoms with E-state index in [4.69, 9.17) is 22.1 Å². The Kier molecular flexibility index (Phi) is 7.08. The van der Waals surface area contributed by atoms with Gasteiger partial charge in [-0.15, -0.1) is 6.58 Å². The fraction of sp³-hybridized carbons (Fsp3) is 0.0741. The molecular formula is C27H21ClFN3O3. The molecule has 0 bridgehead atoms. The van der Waals surface area contributed by atoms with Gasteiger partial charge in [0.05, 0.1) is 23.9 Å². The number of nitrogen functional groups attached to an aromatic ring is 1. The van der Waals surface area contributed by atoms with E-state index in [0.717, 1.165) is 0 Å². The second-order valence-corrected chi connectivity index (χ2v) is 8.13. The monoisotopic (exact) mass is 489 g/mol. The lowest BCUT2D eigenvalue weighted by atomic mass is 10.0. The number of ketones is 1. The number of pyridine rings is 2. The molecule has 0 amide bonds. The number of carbonyl (C=O) groups is 1. The van der Waals surface area contributed by atoms with Crippen LogP contribution >= 0.6 is 11.6 Å². The Balaban J connectivity index is 1.58. The average molecular weight is 490 g/mol. The van der Waals surface area contributed by atoms with Crippen molar-refractivity contribution in [3.05, 3.63) is 118 Å². The highest BCUT2D eigenvalue weighted by Gasteiger charge is 2.17. The Morgan fingerprint density at radius 3 is 2.60 bits per heavy atom. The van der Waals surface area contributed by atoms with Gasteiger partial charge in [-0.2, -0.15) is 0 Å². The predicted molar refractivity (Wildman–Crippen MR) is 135 cm³/mol. The number of hydrogen-bond donors (Lipinski definition) is 1. The predicted octanol–water partition coefficient (Wildman–Crippen LogP) is 5.69. The van der Waals surface area contributed by atoms with Crippen molar-refractivity contribution < 1.29 is 13.9 Å². The third-order valence-electron chi connectivity index (χ3n) is 5.23. The maximum atomic E-state index is 13.4. The van der Waals surface area contributed by atoms with Crippen LogP contribution in [0, 0.1) is 5.82 Å². The van der Waals surface area contributed by atoms with Gasteiger partial charge in [-0.1, -0.05) is 35.9 Å². The molecule has 0 aliphatic heterocycles. The normalized spacial score (nSPS) is 10.7. The number of benzene rings is 2. The second-order valence-electron chi connectivity index (χ2n) is 7.75. The van der Waals surface area contributed by atoms with Crippen molar-refractivity contribution in [2.45, 2.75) is 13.0 Å². The fourth-order valence-electron chi connectivity index (χ4n) is 3.49. The minimum atomic E-state index is -0.432. The van der Waals surface area contributed by atoms with Gasteiger partial charge in [0.25, 0.3) is 0 Å². The SMILES string of the molecule is C=CCn1cc(C(=O)Cc2ccc(Oc3cccc(N)c3Cl)cn2)c(=O)c(-c2ccc(F)cc2)c1. The quantitative estimate of drug-likeness (QED) is 0.195. The fourth-order valence-corrected chi connectivity index (χ4v) is 3.65. The number of allylic oxidation sites excluding steroid dienone is 1. The lowest BCUT2D eigenvalue weighted by Gasteiger charge is -2.11. The Morgan fingerprint density at radius 1 is 1.14 bits per heavy atom.